The van der Waals surface area contributed by atoms with Crippen molar-refractivity contribution in [2.24, 2.45) is 0 Å². The molecule has 7 nitrogen and oxygen atoms in total. The zero-order valence-corrected chi connectivity index (χ0v) is 16.3. The van der Waals surface area contributed by atoms with Crippen LogP contribution in [0.2, 0.25) is 0 Å². The summed E-state index contributed by atoms with van der Waals surface area (Å²) < 4.78 is 25.6. The second-order valence-corrected chi connectivity index (χ2v) is 7.35. The molecule has 3 aromatic rings. The standard InChI is InChI=1S/C20H24FN5O2/c1-26(2)10-12(21)8-13-4-7-15-16(9-22-18(15)25-13)17-19(27-3)23-11-24-20(17)28-14-5-6-14/h4,7,9,11-12,14H,5-6,8,10H2,1-3H3,(H,22,25). The minimum atomic E-state index is -0.962. The van der Waals surface area contributed by atoms with E-state index in [1.165, 1.54) is 6.33 Å². The normalized spacial score (nSPS) is 15.2. The van der Waals surface area contributed by atoms with Crippen molar-refractivity contribution in [2.75, 3.05) is 27.7 Å². The quantitative estimate of drug-likeness (QED) is 0.642. The number of fused-ring (bicyclic) bond motifs is 1. The van der Waals surface area contributed by atoms with Gasteiger partial charge in [0, 0.05) is 35.8 Å². The minimum absolute atomic E-state index is 0.200. The lowest BCUT2D eigenvalue weighted by Gasteiger charge is -2.13. The first-order valence-corrected chi connectivity index (χ1v) is 9.37. The molecule has 3 aromatic heterocycles. The highest BCUT2D eigenvalue weighted by Crippen LogP contribution is 2.41. The molecule has 1 atom stereocenters. The van der Waals surface area contributed by atoms with Crippen molar-refractivity contribution >= 4 is 11.0 Å². The number of alkyl halides is 1. The molecule has 1 N–H and O–H groups in total. The summed E-state index contributed by atoms with van der Waals surface area (Å²) in [7, 11) is 5.29. The molecular weight excluding hydrogens is 361 g/mol. The molecule has 1 aliphatic rings. The topological polar surface area (TPSA) is 76.2 Å². The molecule has 0 amide bonds. The van der Waals surface area contributed by atoms with E-state index in [1.54, 1.807) is 7.11 Å². The number of H-pyrrole nitrogens is 1. The summed E-state index contributed by atoms with van der Waals surface area (Å²) in [5.74, 6) is 0.958. The predicted octanol–water partition coefficient (Wildman–Crippen LogP) is 3.01. The molecule has 4 rings (SSSR count). The summed E-state index contributed by atoms with van der Waals surface area (Å²) in [6.07, 6.45) is 4.86. The third kappa shape index (κ3) is 3.91. The Bertz CT molecular complexity index is 970. The molecule has 1 saturated carbocycles. The second kappa shape index (κ2) is 7.71. The van der Waals surface area contributed by atoms with Crippen LogP contribution in [0.1, 0.15) is 18.5 Å². The number of nitrogens with zero attached hydrogens (tertiary/aromatic N) is 4. The van der Waals surface area contributed by atoms with Crippen LogP contribution in [0, 0.1) is 0 Å². The van der Waals surface area contributed by atoms with Crippen LogP contribution in [0.4, 0.5) is 4.39 Å². The van der Waals surface area contributed by atoms with Crippen LogP contribution in [0.15, 0.2) is 24.7 Å². The van der Waals surface area contributed by atoms with Crippen molar-refractivity contribution in [3.63, 3.8) is 0 Å². The number of aromatic nitrogens is 4. The number of nitrogens with one attached hydrogen (secondary N) is 1. The fraction of sp³-hybridized carbons (Fsp3) is 0.450. The molecule has 0 radical (unpaired) electrons. The molecular formula is C20H24FN5O2. The zero-order chi connectivity index (χ0) is 19.7. The minimum Gasteiger partial charge on any atom is -0.480 e. The van der Waals surface area contributed by atoms with Gasteiger partial charge in [-0.15, -0.1) is 0 Å². The summed E-state index contributed by atoms with van der Waals surface area (Å²) in [5, 5.41) is 0.889. The van der Waals surface area contributed by atoms with Gasteiger partial charge >= 0.3 is 0 Å². The average Bonchev–Trinajstić information content (AvgIpc) is 3.38. The van der Waals surface area contributed by atoms with E-state index in [0.29, 0.717) is 35.2 Å². The van der Waals surface area contributed by atoms with E-state index >= 15 is 0 Å². The van der Waals surface area contributed by atoms with Crippen LogP contribution in [0.5, 0.6) is 11.8 Å². The lowest BCUT2D eigenvalue weighted by Crippen LogP contribution is -2.24. The van der Waals surface area contributed by atoms with Gasteiger partial charge < -0.3 is 19.4 Å². The lowest BCUT2D eigenvalue weighted by molar-refractivity contribution is 0.245. The lowest BCUT2D eigenvalue weighted by atomic mass is 10.1. The molecule has 0 saturated heterocycles. The van der Waals surface area contributed by atoms with Crippen LogP contribution in [-0.4, -0.2) is 64.9 Å². The van der Waals surface area contributed by atoms with Crippen molar-refractivity contribution in [3.8, 4) is 22.9 Å². The van der Waals surface area contributed by atoms with Crippen LogP contribution in [-0.2, 0) is 6.42 Å². The fourth-order valence-corrected chi connectivity index (χ4v) is 3.23. The van der Waals surface area contributed by atoms with Crippen molar-refractivity contribution in [1.82, 2.24) is 24.8 Å². The average molecular weight is 385 g/mol. The third-order valence-electron chi connectivity index (χ3n) is 4.63. The summed E-state index contributed by atoms with van der Waals surface area (Å²) in [5.41, 5.74) is 2.95. The van der Waals surface area contributed by atoms with E-state index in [-0.39, 0.29) is 12.5 Å². The Morgan fingerprint density at radius 1 is 1.25 bits per heavy atom. The molecule has 0 spiro atoms. The van der Waals surface area contributed by atoms with Crippen LogP contribution >= 0.6 is 0 Å². The summed E-state index contributed by atoms with van der Waals surface area (Å²) in [4.78, 5) is 18.1. The van der Waals surface area contributed by atoms with Gasteiger partial charge in [0.1, 0.15) is 29.8 Å². The maximum Gasteiger partial charge on any atom is 0.228 e. The smallest absolute Gasteiger partial charge is 0.228 e. The van der Waals surface area contributed by atoms with E-state index in [4.69, 9.17) is 9.47 Å². The Labute approximate surface area is 162 Å². The number of ether oxygens (including phenoxy) is 2. The van der Waals surface area contributed by atoms with Crippen molar-refractivity contribution < 1.29 is 13.9 Å². The highest BCUT2D eigenvalue weighted by molar-refractivity contribution is 5.96. The van der Waals surface area contributed by atoms with Crippen molar-refractivity contribution in [2.45, 2.75) is 31.5 Å². The van der Waals surface area contributed by atoms with E-state index in [0.717, 1.165) is 23.8 Å². The largest absolute Gasteiger partial charge is 0.480 e. The van der Waals surface area contributed by atoms with Gasteiger partial charge in [-0.1, -0.05) is 0 Å². The van der Waals surface area contributed by atoms with E-state index < -0.39 is 6.17 Å². The maximum absolute atomic E-state index is 14.1. The molecule has 0 aliphatic heterocycles. The van der Waals surface area contributed by atoms with Gasteiger partial charge in [-0.05, 0) is 39.1 Å². The third-order valence-corrected chi connectivity index (χ3v) is 4.63. The van der Waals surface area contributed by atoms with Gasteiger partial charge in [0.15, 0.2) is 0 Å². The molecule has 0 aromatic carbocycles. The molecule has 1 unspecified atom stereocenters. The van der Waals surface area contributed by atoms with E-state index in [1.807, 2.05) is 37.3 Å². The molecule has 28 heavy (non-hydrogen) atoms. The van der Waals surface area contributed by atoms with Gasteiger partial charge in [-0.2, -0.15) is 0 Å². The number of rotatable bonds is 8. The van der Waals surface area contributed by atoms with Crippen LogP contribution in [0.3, 0.4) is 0 Å². The second-order valence-electron chi connectivity index (χ2n) is 7.35. The highest BCUT2D eigenvalue weighted by atomic mass is 19.1. The van der Waals surface area contributed by atoms with Gasteiger partial charge in [0.2, 0.25) is 11.8 Å². The first-order chi connectivity index (χ1) is 13.5. The summed E-state index contributed by atoms with van der Waals surface area (Å²) in [6, 6.07) is 3.80. The molecule has 3 heterocycles. The molecule has 148 valence electrons. The number of halogens is 1. The van der Waals surface area contributed by atoms with Gasteiger partial charge in [-0.3, -0.25) is 0 Å². The van der Waals surface area contributed by atoms with Crippen molar-refractivity contribution in [1.29, 1.82) is 0 Å². The number of aromatic amines is 1. The molecule has 1 aliphatic carbocycles. The van der Waals surface area contributed by atoms with Crippen LogP contribution in [0.25, 0.3) is 22.2 Å². The Balaban J connectivity index is 1.69. The molecule has 1 fully saturated rings. The first-order valence-electron chi connectivity index (χ1n) is 9.37. The number of hydrogen-bond acceptors (Lipinski definition) is 6. The van der Waals surface area contributed by atoms with Gasteiger partial charge in [0.25, 0.3) is 0 Å². The van der Waals surface area contributed by atoms with E-state index in [9.17, 15) is 4.39 Å². The fourth-order valence-electron chi connectivity index (χ4n) is 3.23. The maximum atomic E-state index is 14.1. The monoisotopic (exact) mass is 385 g/mol. The molecule has 0 bridgehead atoms. The Morgan fingerprint density at radius 2 is 2.04 bits per heavy atom. The highest BCUT2D eigenvalue weighted by Gasteiger charge is 2.28. The Hall–Kier alpha value is -2.74. The predicted molar refractivity (Wildman–Crippen MR) is 104 cm³/mol. The number of hydrogen-bond donors (Lipinski definition) is 1. The van der Waals surface area contributed by atoms with Crippen LogP contribution < -0.4 is 9.47 Å². The SMILES string of the molecule is COc1ncnc(OC2CC2)c1-c1c[nH]c2nc(CC(F)CN(C)C)ccc12. The first kappa shape index (κ1) is 18.6. The number of pyridine rings is 1. The Morgan fingerprint density at radius 3 is 2.75 bits per heavy atom. The summed E-state index contributed by atoms with van der Waals surface area (Å²) >= 11 is 0. The van der Waals surface area contributed by atoms with Crippen molar-refractivity contribution in [3.05, 3.63) is 30.4 Å². The summed E-state index contributed by atoms with van der Waals surface area (Å²) in [6.45, 7) is 0.371. The van der Waals surface area contributed by atoms with Gasteiger partial charge in [0.05, 0.1) is 7.11 Å². The number of methoxy groups -OCH3 is 1. The molecule has 8 heteroatoms. The van der Waals surface area contributed by atoms with Gasteiger partial charge in [-0.25, -0.2) is 19.3 Å². The van der Waals surface area contributed by atoms with E-state index in [2.05, 4.69) is 19.9 Å². The zero-order valence-electron chi connectivity index (χ0n) is 16.3. The Kier molecular flexibility index (Phi) is 5.13.